The number of halogens is 3. The summed E-state index contributed by atoms with van der Waals surface area (Å²) < 4.78 is 43.8. The molecule has 0 saturated heterocycles. The summed E-state index contributed by atoms with van der Waals surface area (Å²) in [5.74, 6) is 4.88. The zero-order valence-electron chi connectivity index (χ0n) is 19.3. The summed E-state index contributed by atoms with van der Waals surface area (Å²) in [5, 5.41) is 4.60. The lowest BCUT2D eigenvalue weighted by atomic mass is 9.89. The van der Waals surface area contributed by atoms with Gasteiger partial charge < -0.3 is 10.6 Å². The highest BCUT2D eigenvalue weighted by Crippen LogP contribution is 2.39. The van der Waals surface area contributed by atoms with Gasteiger partial charge in [0.25, 0.3) is 0 Å². The number of nitrogens with one attached hydrogen (secondary N) is 2. The third kappa shape index (κ3) is 5.56. The second-order valence-corrected chi connectivity index (χ2v) is 8.07. The fourth-order valence-corrected chi connectivity index (χ4v) is 3.66. The molecule has 1 aromatic heterocycles. The van der Waals surface area contributed by atoms with Crippen LogP contribution >= 0.6 is 0 Å². The first-order valence-electron chi connectivity index (χ1n) is 11.1. The number of carbonyl (C=O) groups excluding carboxylic acids is 1. The number of alkyl halides is 3. The van der Waals surface area contributed by atoms with E-state index < -0.39 is 17.7 Å². The van der Waals surface area contributed by atoms with Gasteiger partial charge in [0.15, 0.2) is 0 Å². The van der Waals surface area contributed by atoms with Gasteiger partial charge in [0.1, 0.15) is 0 Å². The maximum absolute atomic E-state index is 14.6. The smallest absolute Gasteiger partial charge is 0.310 e. The molecule has 0 fully saturated rings. The van der Waals surface area contributed by atoms with E-state index in [1.807, 2.05) is 19.1 Å². The number of hydrogen-bond donors (Lipinski definition) is 2. The fraction of sp³-hybridized carbons (Fsp3) is 0.103. The van der Waals surface area contributed by atoms with Crippen LogP contribution in [0.25, 0.3) is 11.1 Å². The molecule has 0 aliphatic heterocycles. The molecular formula is C29H22F3N3O. The number of nitrogens with zero attached hydrogens (tertiary/aromatic N) is 1. The number of aromatic nitrogens is 1. The number of anilines is 1. The van der Waals surface area contributed by atoms with E-state index in [0.29, 0.717) is 11.3 Å². The number of hydrogen-bond acceptors (Lipinski definition) is 2. The van der Waals surface area contributed by atoms with Crippen molar-refractivity contribution in [3.63, 3.8) is 0 Å². The number of benzene rings is 3. The molecule has 36 heavy (non-hydrogen) atoms. The summed E-state index contributed by atoms with van der Waals surface area (Å²) in [6.07, 6.45) is -3.21. The third-order valence-electron chi connectivity index (χ3n) is 5.47. The SMILES string of the molecule is Cc1cc(-c2ccc(NC(=O)NC(C#Cc3ccccc3)(c3ccccc3)C(F)(F)F)cc2)ccn1. The molecule has 0 bridgehead atoms. The number of rotatable bonds is 4. The van der Waals surface area contributed by atoms with Crippen molar-refractivity contribution in [2.24, 2.45) is 0 Å². The zero-order chi connectivity index (χ0) is 25.6. The average molecular weight is 486 g/mol. The normalized spacial score (nSPS) is 12.6. The number of carbonyl (C=O) groups is 1. The van der Waals surface area contributed by atoms with E-state index in [4.69, 9.17) is 0 Å². The van der Waals surface area contributed by atoms with Crippen LogP contribution in [0, 0.1) is 18.8 Å². The van der Waals surface area contributed by atoms with Crippen molar-refractivity contribution in [2.75, 3.05) is 5.32 Å². The Bertz CT molecular complexity index is 1390. The lowest BCUT2D eigenvalue weighted by molar-refractivity contribution is -0.178. The Morgan fingerprint density at radius 2 is 1.47 bits per heavy atom. The predicted molar refractivity (Wildman–Crippen MR) is 134 cm³/mol. The Kier molecular flexibility index (Phi) is 7.07. The topological polar surface area (TPSA) is 54.0 Å². The molecule has 2 amide bonds. The number of aryl methyl sites for hydroxylation is 1. The van der Waals surface area contributed by atoms with Crippen molar-refractivity contribution in [1.29, 1.82) is 0 Å². The van der Waals surface area contributed by atoms with Gasteiger partial charge in [0.05, 0.1) is 0 Å². The van der Waals surface area contributed by atoms with Crippen molar-refractivity contribution in [1.82, 2.24) is 10.3 Å². The monoisotopic (exact) mass is 485 g/mol. The molecule has 0 radical (unpaired) electrons. The lowest BCUT2D eigenvalue weighted by Gasteiger charge is -2.32. The molecule has 1 unspecified atom stereocenters. The van der Waals surface area contributed by atoms with Gasteiger partial charge in [0, 0.05) is 23.1 Å². The summed E-state index contributed by atoms with van der Waals surface area (Å²) in [6.45, 7) is 1.88. The highest BCUT2D eigenvalue weighted by Gasteiger charge is 2.56. The highest BCUT2D eigenvalue weighted by atomic mass is 19.4. The van der Waals surface area contributed by atoms with Crippen molar-refractivity contribution < 1.29 is 18.0 Å². The van der Waals surface area contributed by atoms with Gasteiger partial charge in [-0.2, -0.15) is 13.2 Å². The first-order chi connectivity index (χ1) is 17.3. The van der Waals surface area contributed by atoms with Crippen LogP contribution in [0.1, 0.15) is 16.8 Å². The predicted octanol–water partition coefficient (Wildman–Crippen LogP) is 6.69. The zero-order valence-corrected chi connectivity index (χ0v) is 19.3. The van der Waals surface area contributed by atoms with Crippen LogP contribution in [-0.4, -0.2) is 17.2 Å². The van der Waals surface area contributed by atoms with E-state index in [1.54, 1.807) is 66.9 Å². The van der Waals surface area contributed by atoms with Gasteiger partial charge >= 0.3 is 12.2 Å². The van der Waals surface area contributed by atoms with Crippen molar-refractivity contribution in [3.05, 3.63) is 120 Å². The Hall–Kier alpha value is -4.57. The van der Waals surface area contributed by atoms with Crippen molar-refractivity contribution >= 4 is 11.7 Å². The summed E-state index contributed by atoms with van der Waals surface area (Å²) in [4.78, 5) is 17.0. The quantitative estimate of drug-likeness (QED) is 0.317. The number of pyridine rings is 1. The molecule has 4 rings (SSSR count). The van der Waals surface area contributed by atoms with E-state index in [9.17, 15) is 18.0 Å². The van der Waals surface area contributed by atoms with Crippen LogP contribution in [-0.2, 0) is 5.54 Å². The van der Waals surface area contributed by atoms with E-state index >= 15 is 0 Å². The number of amides is 2. The molecule has 7 heteroatoms. The average Bonchev–Trinajstić information content (AvgIpc) is 2.87. The summed E-state index contributed by atoms with van der Waals surface area (Å²) in [7, 11) is 0. The van der Waals surface area contributed by atoms with Gasteiger partial charge in [-0.25, -0.2) is 4.79 Å². The van der Waals surface area contributed by atoms with Gasteiger partial charge in [-0.15, -0.1) is 0 Å². The minimum absolute atomic E-state index is 0.195. The van der Waals surface area contributed by atoms with Gasteiger partial charge in [-0.1, -0.05) is 72.5 Å². The van der Waals surface area contributed by atoms with E-state index in [2.05, 4.69) is 27.5 Å². The van der Waals surface area contributed by atoms with Crippen molar-refractivity contribution in [3.8, 4) is 23.0 Å². The molecule has 0 spiro atoms. The molecule has 2 N–H and O–H groups in total. The largest absolute Gasteiger partial charge is 0.427 e. The summed E-state index contributed by atoms with van der Waals surface area (Å²) in [5.41, 5.74) is 0.287. The summed E-state index contributed by atoms with van der Waals surface area (Å²) in [6, 6.07) is 24.9. The molecule has 4 nitrogen and oxygen atoms in total. The fourth-order valence-electron chi connectivity index (χ4n) is 3.66. The molecular weight excluding hydrogens is 463 g/mol. The summed E-state index contributed by atoms with van der Waals surface area (Å²) >= 11 is 0. The second-order valence-electron chi connectivity index (χ2n) is 8.07. The second kappa shape index (κ2) is 10.4. The first-order valence-corrected chi connectivity index (χ1v) is 11.1. The van der Waals surface area contributed by atoms with Crippen LogP contribution in [0.2, 0.25) is 0 Å². The van der Waals surface area contributed by atoms with Crippen LogP contribution < -0.4 is 10.6 Å². The van der Waals surface area contributed by atoms with Gasteiger partial charge in [-0.05, 0) is 60.0 Å². The van der Waals surface area contributed by atoms with E-state index in [-0.39, 0.29) is 5.56 Å². The van der Waals surface area contributed by atoms with Crippen LogP contribution in [0.4, 0.5) is 23.7 Å². The molecule has 3 aromatic carbocycles. The molecule has 0 aliphatic rings. The van der Waals surface area contributed by atoms with Crippen molar-refractivity contribution in [2.45, 2.75) is 18.6 Å². The third-order valence-corrected chi connectivity index (χ3v) is 5.47. The molecule has 0 aliphatic carbocycles. The minimum atomic E-state index is -4.91. The first kappa shape index (κ1) is 24.6. The van der Waals surface area contributed by atoms with Crippen LogP contribution in [0.3, 0.4) is 0 Å². The van der Waals surface area contributed by atoms with E-state index in [0.717, 1.165) is 16.8 Å². The van der Waals surface area contributed by atoms with Crippen LogP contribution in [0.5, 0.6) is 0 Å². The molecule has 180 valence electrons. The van der Waals surface area contributed by atoms with Gasteiger partial charge in [0.2, 0.25) is 5.54 Å². The number of urea groups is 1. The van der Waals surface area contributed by atoms with E-state index in [1.165, 1.54) is 24.3 Å². The molecule has 0 saturated carbocycles. The minimum Gasteiger partial charge on any atom is -0.310 e. The lowest BCUT2D eigenvalue weighted by Crippen LogP contribution is -2.56. The molecule has 1 heterocycles. The van der Waals surface area contributed by atoms with Crippen LogP contribution in [0.15, 0.2) is 103 Å². The Labute approximate surface area is 207 Å². The maximum Gasteiger partial charge on any atom is 0.427 e. The Balaban J connectivity index is 1.63. The highest BCUT2D eigenvalue weighted by molar-refractivity contribution is 5.90. The standard InChI is InChI=1S/C29H22F3N3O/c1-21-20-24(17-19-33-21)23-12-14-26(15-13-23)34-27(36)35-28(29(30,31)32,25-10-6-3-7-11-25)18-16-22-8-4-2-5-9-22/h2-15,17,19-20H,1H3,(H2,34,35,36). The molecule has 1 atom stereocenters. The Morgan fingerprint density at radius 1 is 0.833 bits per heavy atom. The molecule has 4 aromatic rings. The Morgan fingerprint density at radius 3 is 2.08 bits per heavy atom. The maximum atomic E-state index is 14.6. The van der Waals surface area contributed by atoms with Gasteiger partial charge in [-0.3, -0.25) is 4.98 Å².